The van der Waals surface area contributed by atoms with Crippen molar-refractivity contribution in [1.29, 1.82) is 0 Å². The van der Waals surface area contributed by atoms with Crippen molar-refractivity contribution >= 4 is 42.6 Å². The van der Waals surface area contributed by atoms with E-state index in [1.807, 2.05) is 0 Å². The first-order valence-electron chi connectivity index (χ1n) is 17.1. The Kier molecular flexibility index (Phi) is 33.2. The summed E-state index contributed by atoms with van der Waals surface area (Å²) in [4.78, 5) is 35.3. The smallest absolute Gasteiger partial charge is 0.309 e. The topological polar surface area (TPSA) is 69.7 Å². The highest BCUT2D eigenvalue weighted by atomic mass is 32.2. The number of esters is 2. The number of unbranched alkanes of at least 4 members (excludes halogenated alkanes) is 19. The van der Waals surface area contributed by atoms with Crippen LogP contribution in [0, 0.1) is 0 Å². The molecule has 0 aromatic heterocycles. The van der Waals surface area contributed by atoms with Gasteiger partial charge in [-0.25, -0.2) is 0 Å². The number of thioether (sulfide) groups is 1. The van der Waals surface area contributed by atoms with Gasteiger partial charge in [0.25, 0.3) is 0 Å². The van der Waals surface area contributed by atoms with Crippen LogP contribution in [-0.2, 0) is 23.9 Å². The zero-order valence-electron chi connectivity index (χ0n) is 26.6. The first-order valence-corrected chi connectivity index (χ1v) is 18.9. The maximum Gasteiger partial charge on any atom is 0.309 e. The Hall–Kier alpha value is -0.690. The lowest BCUT2D eigenvalue weighted by Gasteiger charge is -2.17. The zero-order valence-corrected chi connectivity index (χ0v) is 28.3. The Labute approximate surface area is 263 Å². The van der Waals surface area contributed by atoms with Gasteiger partial charge in [-0.15, -0.1) is 0 Å². The second-order valence-electron chi connectivity index (χ2n) is 11.4. The van der Waals surface area contributed by atoms with Gasteiger partial charge < -0.3 is 14.3 Å². The minimum absolute atomic E-state index is 0.136. The highest BCUT2D eigenvalue weighted by Crippen LogP contribution is 2.17. The second-order valence-corrected chi connectivity index (χ2v) is 13.1. The average molecular weight is 617 g/mol. The predicted molar refractivity (Wildman–Crippen MR) is 179 cm³/mol. The molecule has 5 nitrogen and oxygen atoms in total. The lowest BCUT2D eigenvalue weighted by molar-refractivity contribution is -0.155. The molecule has 0 fully saturated rings. The van der Waals surface area contributed by atoms with Crippen LogP contribution in [0.1, 0.15) is 167 Å². The molecule has 0 aliphatic carbocycles. The minimum Gasteiger partial charge on any atom is -0.465 e. The van der Waals surface area contributed by atoms with E-state index in [0.717, 1.165) is 49.9 Å². The van der Waals surface area contributed by atoms with Crippen molar-refractivity contribution < 1.29 is 23.9 Å². The SMILES string of the molecule is CCCCCCCCCCCC(CC(=O)OCCSCCC=O)OC(=O)CCCCCCCCCCCCCCS. The molecule has 1 unspecified atom stereocenters. The normalized spacial score (nSPS) is 11.9. The molecule has 0 aliphatic heterocycles. The molecule has 1 atom stereocenters. The van der Waals surface area contributed by atoms with E-state index >= 15 is 0 Å². The Bertz CT molecular complexity index is 587. The number of rotatable bonds is 33. The number of aldehydes is 1. The van der Waals surface area contributed by atoms with Gasteiger partial charge in [0.1, 0.15) is 19.0 Å². The molecule has 0 spiro atoms. The third kappa shape index (κ3) is 32.1. The maximum absolute atomic E-state index is 12.5. The molecule has 0 bridgehead atoms. The van der Waals surface area contributed by atoms with Crippen molar-refractivity contribution in [1.82, 2.24) is 0 Å². The maximum atomic E-state index is 12.5. The molecule has 0 N–H and O–H groups in total. The highest BCUT2D eigenvalue weighted by molar-refractivity contribution is 7.99. The van der Waals surface area contributed by atoms with Gasteiger partial charge >= 0.3 is 11.9 Å². The van der Waals surface area contributed by atoms with Crippen LogP contribution in [0.15, 0.2) is 0 Å². The van der Waals surface area contributed by atoms with Crippen LogP contribution in [0.25, 0.3) is 0 Å². The molecule has 0 saturated heterocycles. The van der Waals surface area contributed by atoms with Gasteiger partial charge in [-0.3, -0.25) is 9.59 Å². The Balaban J connectivity index is 4.12. The lowest BCUT2D eigenvalue weighted by atomic mass is 10.0. The van der Waals surface area contributed by atoms with Crippen molar-refractivity contribution in [2.45, 2.75) is 174 Å². The van der Waals surface area contributed by atoms with E-state index < -0.39 is 0 Å². The van der Waals surface area contributed by atoms with E-state index in [1.54, 1.807) is 11.8 Å². The van der Waals surface area contributed by atoms with Gasteiger partial charge in [0.2, 0.25) is 0 Å². The van der Waals surface area contributed by atoms with Crippen molar-refractivity contribution in [3.63, 3.8) is 0 Å². The summed E-state index contributed by atoms with van der Waals surface area (Å²) in [5.74, 6) is 1.96. The molecule has 0 aromatic carbocycles. The molecule has 0 radical (unpaired) electrons. The fourth-order valence-corrected chi connectivity index (χ4v) is 5.86. The van der Waals surface area contributed by atoms with Gasteiger partial charge in [0, 0.05) is 24.3 Å². The predicted octanol–water partition coefficient (Wildman–Crippen LogP) is 10.1. The van der Waals surface area contributed by atoms with Crippen LogP contribution in [0.3, 0.4) is 0 Å². The number of carbonyl (C=O) groups is 3. The molecule has 7 heteroatoms. The molecular weight excluding hydrogens is 553 g/mol. The van der Waals surface area contributed by atoms with Crippen LogP contribution in [-0.4, -0.2) is 48.2 Å². The van der Waals surface area contributed by atoms with Gasteiger partial charge in [0.15, 0.2) is 0 Å². The molecule has 242 valence electrons. The monoisotopic (exact) mass is 616 g/mol. The summed E-state index contributed by atoms with van der Waals surface area (Å²) in [6.45, 7) is 2.57. The number of carbonyl (C=O) groups excluding carboxylic acids is 3. The summed E-state index contributed by atoms with van der Waals surface area (Å²) in [5, 5.41) is 0. The van der Waals surface area contributed by atoms with E-state index in [9.17, 15) is 14.4 Å². The quantitative estimate of drug-likeness (QED) is 0.0342. The third-order valence-corrected chi connectivity index (χ3v) is 8.78. The largest absolute Gasteiger partial charge is 0.465 e. The molecule has 0 amide bonds. The van der Waals surface area contributed by atoms with Gasteiger partial charge in [-0.05, 0) is 31.4 Å². The van der Waals surface area contributed by atoms with Crippen LogP contribution in [0.5, 0.6) is 0 Å². The summed E-state index contributed by atoms with van der Waals surface area (Å²) in [7, 11) is 0. The zero-order chi connectivity index (χ0) is 30.1. The highest BCUT2D eigenvalue weighted by Gasteiger charge is 2.19. The first kappa shape index (κ1) is 40.3. The molecule has 0 aliphatic rings. The van der Waals surface area contributed by atoms with E-state index in [-0.39, 0.29) is 24.5 Å². The summed E-state index contributed by atoms with van der Waals surface area (Å²) < 4.78 is 11.1. The van der Waals surface area contributed by atoms with Gasteiger partial charge in [-0.1, -0.05) is 122 Å². The Morgan fingerprint density at radius 2 is 1.20 bits per heavy atom. The molecular formula is C34H64O5S2. The van der Waals surface area contributed by atoms with Crippen molar-refractivity contribution in [3.8, 4) is 0 Å². The first-order chi connectivity index (χ1) is 20.1. The molecule has 0 aromatic rings. The van der Waals surface area contributed by atoms with Crippen molar-refractivity contribution in [2.24, 2.45) is 0 Å². The number of hydrogen-bond acceptors (Lipinski definition) is 7. The summed E-state index contributed by atoms with van der Waals surface area (Å²) in [5.41, 5.74) is 0. The van der Waals surface area contributed by atoms with Gasteiger partial charge in [0.05, 0.1) is 6.42 Å². The van der Waals surface area contributed by atoms with E-state index in [4.69, 9.17) is 9.47 Å². The van der Waals surface area contributed by atoms with Crippen molar-refractivity contribution in [3.05, 3.63) is 0 Å². The summed E-state index contributed by atoms with van der Waals surface area (Å²) in [6, 6.07) is 0. The van der Waals surface area contributed by atoms with E-state index in [1.165, 1.54) is 109 Å². The van der Waals surface area contributed by atoms with Crippen LogP contribution < -0.4 is 0 Å². The third-order valence-electron chi connectivity index (χ3n) is 7.48. The molecule has 0 saturated carbocycles. The van der Waals surface area contributed by atoms with Gasteiger partial charge in [-0.2, -0.15) is 24.4 Å². The Morgan fingerprint density at radius 1 is 0.683 bits per heavy atom. The molecule has 41 heavy (non-hydrogen) atoms. The fourth-order valence-electron chi connectivity index (χ4n) is 4.97. The average Bonchev–Trinajstić information content (AvgIpc) is 2.96. The standard InChI is InChI=1S/C34H64O5S2/c1-2-3-4-5-6-11-14-17-20-24-32(31-34(37)38-27-30-41-29-23-26-35)39-33(36)25-21-18-15-12-9-7-8-10-13-16-19-22-28-40/h26,32,40H,2-25,27-31H2,1H3. The number of ether oxygens (including phenoxy) is 2. The van der Waals surface area contributed by atoms with E-state index in [2.05, 4.69) is 19.6 Å². The molecule has 0 heterocycles. The lowest BCUT2D eigenvalue weighted by Crippen LogP contribution is -2.23. The number of thiol groups is 1. The van der Waals surface area contributed by atoms with E-state index in [0.29, 0.717) is 25.2 Å². The Morgan fingerprint density at radius 3 is 1.73 bits per heavy atom. The number of hydrogen-bond donors (Lipinski definition) is 1. The molecule has 0 rings (SSSR count). The van der Waals surface area contributed by atoms with Crippen molar-refractivity contribution in [2.75, 3.05) is 23.9 Å². The summed E-state index contributed by atoms with van der Waals surface area (Å²) in [6.07, 6.45) is 28.3. The van der Waals surface area contributed by atoms with Crippen LogP contribution >= 0.6 is 24.4 Å². The van der Waals surface area contributed by atoms with Crippen LogP contribution in [0.4, 0.5) is 0 Å². The summed E-state index contributed by atoms with van der Waals surface area (Å²) >= 11 is 5.87. The fraction of sp³-hybridized carbons (Fsp3) is 0.912. The second kappa shape index (κ2) is 33.8. The van der Waals surface area contributed by atoms with Crippen LogP contribution in [0.2, 0.25) is 0 Å². The minimum atomic E-state index is -0.389.